The van der Waals surface area contributed by atoms with Crippen molar-refractivity contribution in [2.24, 2.45) is 11.8 Å². The third-order valence-electron chi connectivity index (χ3n) is 21.5. The molecule has 14 unspecified atom stereocenters. The standard InChI is InChI=1S/C72H110O15Si3/c1-45-38-53-33-36-57-46(2)39-52(79-57)32-30-50(73)31-35-59(85-88(14,15)70(4,5)6)65-67(87-90(18,19)72(10,11)12)66(86-89(16,17)71(7,8)9)64-58(84-65)37-34-54(81-64)40-51(74)41-56-61(43-60(80-53)47(45)3)83-62(63(56)77-13)42-55(82-69(76)49-28-24-21-25-29-49)44-78-68(75)48-26-22-20-23-27-48/h20-29,31,35,45,52-67H,2-3,30,32-34,36-44H2,1,4-19H3/b35-31+/t45?,52?,53?,54?,55?,56?,57?,58-,59?,60?,61-,62?,63+,64?,65?,66?,67?/m0/s1. The zero-order valence-corrected chi connectivity index (χ0v) is 60.5. The molecule has 18 heteroatoms. The molecule has 15 nitrogen and oxygen atoms in total. The van der Waals surface area contributed by atoms with Gasteiger partial charge in [-0.25, -0.2) is 9.59 Å². The smallest absolute Gasteiger partial charge is 0.338 e. The number of methoxy groups -OCH3 is 1. The van der Waals surface area contributed by atoms with E-state index in [2.05, 4.69) is 122 Å². The first-order valence-corrected chi connectivity index (χ1v) is 42.2. The summed E-state index contributed by atoms with van der Waals surface area (Å²) in [5, 5.41) is -0.576. The number of rotatable bonds is 14. The molecule has 2 aromatic rings. The highest BCUT2D eigenvalue weighted by Gasteiger charge is 2.58. The van der Waals surface area contributed by atoms with E-state index in [1.54, 1.807) is 61.7 Å². The van der Waals surface area contributed by atoms with Gasteiger partial charge >= 0.3 is 11.9 Å². The minimum Gasteiger partial charge on any atom is -0.458 e. The first kappa shape index (κ1) is 72.1. The highest BCUT2D eigenvalue weighted by Crippen LogP contribution is 2.49. The SMILES string of the molecule is C=C1CC2CCC(=O)/C=C/C(O[Si](C)(C)C(C)(C)C)C3O[C@H]4CCC(CC(=O)CC5[C@@H](OC)C(CC(COC(=O)c6ccccc6)OC(=O)c6ccccc6)O[C@H]5CC5OC(CCC1O2)CC(C)C5=C)OC4C(O[Si](C)(C)C(C)(C)C)C3O[Si](C)(C)C(C)(C)C. The summed E-state index contributed by atoms with van der Waals surface area (Å²) in [4.78, 5) is 56.9. The first-order chi connectivity index (χ1) is 42.0. The zero-order chi connectivity index (χ0) is 65.9. The number of carbonyl (C=O) groups excluding carboxylic acids is 4. The fourth-order valence-electron chi connectivity index (χ4n) is 13.0. The fourth-order valence-corrected chi connectivity index (χ4v) is 16.8. The van der Waals surface area contributed by atoms with Crippen LogP contribution in [0, 0.1) is 11.8 Å². The Kier molecular flexibility index (Phi) is 23.6. The third-order valence-corrected chi connectivity index (χ3v) is 34.9. The van der Waals surface area contributed by atoms with Gasteiger partial charge in [0.15, 0.2) is 30.7 Å². The van der Waals surface area contributed by atoms with Gasteiger partial charge in [0.1, 0.15) is 42.9 Å². The van der Waals surface area contributed by atoms with E-state index in [1.807, 2.05) is 18.2 Å². The lowest BCUT2D eigenvalue weighted by Gasteiger charge is -2.56. The number of hydrogen-bond donors (Lipinski definition) is 0. The third kappa shape index (κ3) is 17.8. The number of ketones is 2. The van der Waals surface area contributed by atoms with Gasteiger partial charge in [-0.1, -0.05) is 125 Å². The maximum Gasteiger partial charge on any atom is 0.338 e. The fraction of sp³-hybridized carbons (Fsp3) is 0.694. The second kappa shape index (κ2) is 29.5. The van der Waals surface area contributed by atoms with Gasteiger partial charge in [0, 0.05) is 45.1 Å². The summed E-state index contributed by atoms with van der Waals surface area (Å²) in [7, 11) is -6.21. The van der Waals surface area contributed by atoms with E-state index in [1.165, 1.54) is 0 Å². The normalized spacial score (nSPS) is 32.9. The van der Waals surface area contributed by atoms with Gasteiger partial charge in [0.25, 0.3) is 0 Å². The van der Waals surface area contributed by atoms with Gasteiger partial charge in [-0.05, 0) is 147 Å². The number of benzene rings is 2. The molecule has 0 saturated carbocycles. The summed E-state index contributed by atoms with van der Waals surface area (Å²) in [6.45, 7) is 44.6. The van der Waals surface area contributed by atoms with Gasteiger partial charge in [-0.2, -0.15) is 0 Å². The number of carbonyl (C=O) groups is 4. The van der Waals surface area contributed by atoms with Gasteiger partial charge in [-0.15, -0.1) is 0 Å². The Hall–Kier alpha value is -3.77. The number of Topliss-reactive ketones (excluding diaryl/α,β-unsaturated/α-hetero) is 1. The molecule has 500 valence electrons. The van der Waals surface area contributed by atoms with E-state index >= 15 is 4.79 Å². The van der Waals surface area contributed by atoms with E-state index in [0.717, 1.165) is 24.0 Å². The lowest BCUT2D eigenvalue weighted by Crippen LogP contribution is -2.69. The van der Waals surface area contributed by atoms with Gasteiger partial charge in [0.2, 0.25) is 0 Å². The van der Waals surface area contributed by atoms with E-state index < -0.39 is 116 Å². The molecule has 90 heavy (non-hydrogen) atoms. The molecule has 2 aromatic carbocycles. The number of allylic oxidation sites excluding steroid dienone is 1. The van der Waals surface area contributed by atoms with Crippen LogP contribution >= 0.6 is 0 Å². The molecule has 0 N–H and O–H groups in total. The predicted molar refractivity (Wildman–Crippen MR) is 358 cm³/mol. The Balaban J connectivity index is 1.17. The summed E-state index contributed by atoms with van der Waals surface area (Å²) >= 11 is 0. The average Bonchev–Trinajstić information content (AvgIpc) is 0.861. The summed E-state index contributed by atoms with van der Waals surface area (Å²) in [5.41, 5.74) is 2.69. The van der Waals surface area contributed by atoms with Crippen molar-refractivity contribution in [3.8, 4) is 0 Å². The maximum atomic E-state index is 15.3. The monoisotopic (exact) mass is 1300 g/mol. The molecular formula is C72H110O15Si3. The summed E-state index contributed by atoms with van der Waals surface area (Å²) in [6, 6.07) is 17.4. The first-order valence-electron chi connectivity index (χ1n) is 33.5. The summed E-state index contributed by atoms with van der Waals surface area (Å²) < 4.78 is 77.2. The van der Waals surface area contributed by atoms with Crippen molar-refractivity contribution in [2.75, 3.05) is 13.7 Å². The second-order valence-corrected chi connectivity index (χ2v) is 45.6. The van der Waals surface area contributed by atoms with Crippen LogP contribution < -0.4 is 0 Å². The number of esters is 2. The molecular weight excluding hydrogens is 1190 g/mol. The van der Waals surface area contributed by atoms with Crippen molar-refractivity contribution in [1.29, 1.82) is 0 Å². The van der Waals surface area contributed by atoms with Gasteiger partial charge in [-0.3, -0.25) is 9.59 Å². The van der Waals surface area contributed by atoms with Crippen LogP contribution in [-0.4, -0.2) is 154 Å². The summed E-state index contributed by atoms with van der Waals surface area (Å²) in [5.74, 6) is -1.50. The van der Waals surface area contributed by atoms with Crippen molar-refractivity contribution in [2.45, 2.75) is 292 Å². The molecule has 17 atom stereocenters. The van der Waals surface area contributed by atoms with Crippen molar-refractivity contribution < 1.29 is 70.4 Å². The highest BCUT2D eigenvalue weighted by molar-refractivity contribution is 6.75. The number of hydrogen-bond acceptors (Lipinski definition) is 15. The molecule has 0 radical (unpaired) electrons. The Morgan fingerprint density at radius 3 is 1.76 bits per heavy atom. The van der Waals surface area contributed by atoms with Crippen LogP contribution in [0.4, 0.5) is 0 Å². The lowest BCUT2D eigenvalue weighted by atomic mass is 9.81. The number of ether oxygens (including phenoxy) is 8. The second-order valence-electron chi connectivity index (χ2n) is 31.3. The largest absolute Gasteiger partial charge is 0.458 e. The van der Waals surface area contributed by atoms with Crippen LogP contribution in [-0.2, 0) is 60.8 Å². The molecule has 0 amide bonds. The minimum absolute atomic E-state index is 0.0146. The minimum atomic E-state index is -2.64. The molecule has 8 aliphatic heterocycles. The van der Waals surface area contributed by atoms with Gasteiger partial charge in [0.05, 0.1) is 72.2 Å². The van der Waals surface area contributed by atoms with Gasteiger partial charge < -0.3 is 51.2 Å². The molecule has 10 rings (SSSR count). The molecule has 8 heterocycles. The predicted octanol–water partition coefficient (Wildman–Crippen LogP) is 14.8. The molecule has 0 aliphatic carbocycles. The van der Waals surface area contributed by atoms with E-state index in [0.29, 0.717) is 56.1 Å². The van der Waals surface area contributed by atoms with Crippen LogP contribution in [0.2, 0.25) is 54.4 Å². The maximum absolute atomic E-state index is 15.3. The molecule has 8 bridgehead atoms. The highest BCUT2D eigenvalue weighted by atomic mass is 28.4. The van der Waals surface area contributed by atoms with E-state index in [9.17, 15) is 14.4 Å². The van der Waals surface area contributed by atoms with Crippen LogP contribution in [0.5, 0.6) is 0 Å². The lowest BCUT2D eigenvalue weighted by molar-refractivity contribution is -0.266. The van der Waals surface area contributed by atoms with Crippen molar-refractivity contribution in [3.05, 3.63) is 108 Å². The van der Waals surface area contributed by atoms with Crippen molar-refractivity contribution >= 4 is 48.5 Å². The van der Waals surface area contributed by atoms with E-state index in [-0.39, 0.29) is 76.8 Å². The molecule has 5 fully saturated rings. The zero-order valence-electron chi connectivity index (χ0n) is 57.5. The topological polar surface area (TPSA) is 170 Å². The Labute approximate surface area is 542 Å². The Bertz CT molecular complexity index is 2820. The molecule has 8 aliphatic rings. The van der Waals surface area contributed by atoms with E-state index in [4.69, 9.17) is 51.2 Å². The molecule has 5 saturated heterocycles. The van der Waals surface area contributed by atoms with Crippen LogP contribution in [0.1, 0.15) is 167 Å². The number of fused-ring (bicyclic) bond motifs is 2. The van der Waals surface area contributed by atoms with Crippen LogP contribution in [0.3, 0.4) is 0 Å². The quantitative estimate of drug-likeness (QED) is 0.0994. The Morgan fingerprint density at radius 1 is 0.600 bits per heavy atom. The van der Waals surface area contributed by atoms with Crippen LogP contribution in [0.25, 0.3) is 0 Å². The Morgan fingerprint density at radius 2 is 1.16 bits per heavy atom. The van der Waals surface area contributed by atoms with Crippen molar-refractivity contribution in [3.63, 3.8) is 0 Å². The molecule has 0 spiro atoms. The van der Waals surface area contributed by atoms with Crippen LogP contribution in [0.15, 0.2) is 97.1 Å². The molecule has 0 aromatic heterocycles. The summed E-state index contributed by atoms with van der Waals surface area (Å²) in [6.07, 6.45) is 1.38. The van der Waals surface area contributed by atoms with Crippen molar-refractivity contribution in [1.82, 2.24) is 0 Å². The average molecular weight is 1300 g/mol.